The molecule has 2 saturated heterocycles. The van der Waals surface area contributed by atoms with Crippen molar-refractivity contribution in [1.29, 1.82) is 5.26 Å². The summed E-state index contributed by atoms with van der Waals surface area (Å²) in [5.41, 5.74) is 7.67. The van der Waals surface area contributed by atoms with Gasteiger partial charge in [0, 0.05) is 42.6 Å². The zero-order valence-electron chi connectivity index (χ0n) is 19.1. The van der Waals surface area contributed by atoms with Crippen LogP contribution in [0.3, 0.4) is 0 Å². The molecule has 7 rings (SSSR count). The lowest BCUT2D eigenvalue weighted by molar-refractivity contribution is 0.601. The Morgan fingerprint density at radius 2 is 1.91 bits per heavy atom. The van der Waals surface area contributed by atoms with Gasteiger partial charge in [0.2, 0.25) is 0 Å². The molecule has 0 spiro atoms. The molecular weight excluding hydrogens is 422 g/mol. The fourth-order valence-electron chi connectivity index (χ4n) is 6.01. The first-order valence-electron chi connectivity index (χ1n) is 12.0. The van der Waals surface area contributed by atoms with Gasteiger partial charge in [0.1, 0.15) is 5.82 Å². The number of nitrogens with zero attached hydrogens (tertiary/aromatic N) is 6. The van der Waals surface area contributed by atoms with Gasteiger partial charge in [-0.2, -0.15) is 5.26 Å². The second-order valence-electron chi connectivity index (χ2n) is 9.55. The molecule has 7 heteroatoms. The van der Waals surface area contributed by atoms with Gasteiger partial charge >= 0.3 is 0 Å². The van der Waals surface area contributed by atoms with Crippen LogP contribution in [0.5, 0.6) is 0 Å². The number of hydrogen-bond donors (Lipinski definition) is 1. The Hall–Kier alpha value is -3.89. The van der Waals surface area contributed by atoms with Gasteiger partial charge in [0.05, 0.1) is 23.0 Å². The quantitative estimate of drug-likeness (QED) is 0.444. The van der Waals surface area contributed by atoms with Gasteiger partial charge in [-0.25, -0.2) is 0 Å². The second kappa shape index (κ2) is 7.31. The lowest BCUT2D eigenvalue weighted by atomic mass is 10.1. The topological polar surface area (TPSA) is 74.7 Å². The summed E-state index contributed by atoms with van der Waals surface area (Å²) in [7, 11) is 0. The Kier molecular flexibility index (Phi) is 4.20. The fourth-order valence-corrected chi connectivity index (χ4v) is 6.01. The summed E-state index contributed by atoms with van der Waals surface area (Å²) in [6.07, 6.45) is 4.62. The molecule has 34 heavy (non-hydrogen) atoms. The van der Waals surface area contributed by atoms with Gasteiger partial charge in [0.15, 0.2) is 5.82 Å². The van der Waals surface area contributed by atoms with Crippen LogP contribution < -0.4 is 10.2 Å². The Bertz CT molecular complexity index is 1450. The highest BCUT2D eigenvalue weighted by Crippen LogP contribution is 2.37. The molecule has 0 saturated carbocycles. The van der Waals surface area contributed by atoms with Crippen molar-refractivity contribution in [2.75, 3.05) is 18.0 Å². The lowest BCUT2D eigenvalue weighted by Crippen LogP contribution is -2.34. The number of anilines is 1. The molecule has 0 aliphatic carbocycles. The highest BCUT2D eigenvalue weighted by molar-refractivity contribution is 5.72. The third-order valence-corrected chi connectivity index (χ3v) is 7.67. The van der Waals surface area contributed by atoms with E-state index in [4.69, 9.17) is 5.26 Å². The third kappa shape index (κ3) is 2.85. The van der Waals surface area contributed by atoms with Crippen LogP contribution in [0.25, 0.3) is 28.3 Å². The van der Waals surface area contributed by atoms with E-state index >= 15 is 0 Å². The number of aryl methyl sites for hydroxylation is 1. The third-order valence-electron chi connectivity index (χ3n) is 7.67. The van der Waals surface area contributed by atoms with Crippen molar-refractivity contribution in [2.45, 2.75) is 38.4 Å². The zero-order chi connectivity index (χ0) is 22.8. The molecule has 3 aliphatic heterocycles. The Morgan fingerprint density at radius 3 is 2.76 bits per heavy atom. The van der Waals surface area contributed by atoms with Crippen molar-refractivity contribution < 1.29 is 0 Å². The molecule has 4 aromatic rings. The van der Waals surface area contributed by atoms with E-state index in [2.05, 4.69) is 66.1 Å². The number of aromatic nitrogens is 4. The molecule has 0 radical (unpaired) electrons. The summed E-state index contributed by atoms with van der Waals surface area (Å²) in [5.74, 6) is 1.75. The Balaban J connectivity index is 1.34. The van der Waals surface area contributed by atoms with Crippen LogP contribution in [0.1, 0.15) is 29.8 Å². The van der Waals surface area contributed by atoms with E-state index in [1.165, 1.54) is 24.1 Å². The number of nitriles is 1. The number of rotatable bonds is 2. The molecular formula is C27H25N7. The zero-order valence-corrected chi connectivity index (χ0v) is 19.1. The van der Waals surface area contributed by atoms with Gasteiger partial charge in [-0.3, -0.25) is 4.57 Å². The van der Waals surface area contributed by atoms with Crippen molar-refractivity contribution in [1.82, 2.24) is 24.6 Å². The van der Waals surface area contributed by atoms with Crippen LogP contribution in [0, 0.1) is 18.3 Å². The Labute approximate surface area is 198 Å². The van der Waals surface area contributed by atoms with E-state index in [9.17, 15) is 0 Å². The lowest BCUT2D eigenvalue weighted by Gasteiger charge is -2.26. The molecule has 168 valence electrons. The summed E-state index contributed by atoms with van der Waals surface area (Å²) < 4.78 is 4.47. The summed E-state index contributed by atoms with van der Waals surface area (Å²) in [6, 6.07) is 20.2. The minimum absolute atomic E-state index is 0.598. The van der Waals surface area contributed by atoms with Crippen molar-refractivity contribution in [3.8, 4) is 34.4 Å². The molecule has 1 N–H and O–H groups in total. The van der Waals surface area contributed by atoms with Crippen molar-refractivity contribution >= 4 is 5.69 Å². The molecule has 0 bridgehead atoms. The van der Waals surface area contributed by atoms with E-state index in [0.29, 0.717) is 17.6 Å². The number of benzene rings is 2. The smallest absolute Gasteiger partial charge is 0.185 e. The highest BCUT2D eigenvalue weighted by atomic mass is 15.3. The molecule has 5 heterocycles. The summed E-state index contributed by atoms with van der Waals surface area (Å²) in [4.78, 5) is 2.59. The van der Waals surface area contributed by atoms with Gasteiger partial charge in [0.25, 0.3) is 0 Å². The molecule has 1 unspecified atom stereocenters. The first-order valence-corrected chi connectivity index (χ1v) is 12.0. The van der Waals surface area contributed by atoms with Crippen LogP contribution in [-0.4, -0.2) is 44.5 Å². The summed E-state index contributed by atoms with van der Waals surface area (Å²) in [6.45, 7) is 5.02. The summed E-state index contributed by atoms with van der Waals surface area (Å²) >= 11 is 0. The molecule has 3 aliphatic rings. The van der Waals surface area contributed by atoms with E-state index in [-0.39, 0.29) is 0 Å². The molecule has 7 nitrogen and oxygen atoms in total. The Morgan fingerprint density at radius 1 is 1.03 bits per heavy atom. The van der Waals surface area contributed by atoms with Crippen LogP contribution in [0.2, 0.25) is 0 Å². The first-order chi connectivity index (χ1) is 16.7. The minimum Gasteiger partial charge on any atom is -0.367 e. The normalized spacial score (nSPS) is 20.3. The maximum absolute atomic E-state index is 9.14. The predicted octanol–water partition coefficient (Wildman–Crippen LogP) is 3.89. The van der Waals surface area contributed by atoms with Crippen molar-refractivity contribution in [3.05, 3.63) is 71.7 Å². The van der Waals surface area contributed by atoms with Gasteiger partial charge in [-0.05, 0) is 73.8 Å². The van der Waals surface area contributed by atoms with Crippen LogP contribution >= 0.6 is 0 Å². The predicted molar refractivity (Wildman–Crippen MR) is 131 cm³/mol. The van der Waals surface area contributed by atoms with Crippen LogP contribution in [0.15, 0.2) is 54.7 Å². The van der Waals surface area contributed by atoms with Gasteiger partial charge < -0.3 is 14.8 Å². The first kappa shape index (κ1) is 19.6. The van der Waals surface area contributed by atoms with E-state index < -0.39 is 0 Å². The van der Waals surface area contributed by atoms with E-state index in [1.807, 2.05) is 31.2 Å². The maximum Gasteiger partial charge on any atom is 0.185 e. The number of fused-ring (bicyclic) bond motifs is 6. The van der Waals surface area contributed by atoms with E-state index in [0.717, 1.165) is 53.8 Å². The maximum atomic E-state index is 9.14. The molecule has 2 aromatic carbocycles. The standard InChI is InChI=1S/C27H25N7/c1-17-30-31-27-26-13-20(19-4-2-18(14-28)3-5-19)15-32(26)16-21-12-22(6-7-24(21)34(17)27)33-11-9-23-25(33)8-10-29-23/h2-7,12-13,15,23,25,29H,8-11,16H2,1H3/t23-,25?/m1/s1. The van der Waals surface area contributed by atoms with Crippen molar-refractivity contribution in [3.63, 3.8) is 0 Å². The molecule has 2 aromatic heterocycles. The van der Waals surface area contributed by atoms with Crippen LogP contribution in [0.4, 0.5) is 5.69 Å². The number of hydrogen-bond acceptors (Lipinski definition) is 5. The molecule has 2 atom stereocenters. The average molecular weight is 448 g/mol. The van der Waals surface area contributed by atoms with Crippen molar-refractivity contribution in [2.24, 2.45) is 0 Å². The van der Waals surface area contributed by atoms with Crippen LogP contribution in [-0.2, 0) is 6.54 Å². The summed E-state index contributed by atoms with van der Waals surface area (Å²) in [5, 5.41) is 21.8. The SMILES string of the molecule is Cc1nnc2n1-c1ccc(N3CC[C@H]4NCCC43)cc1Cn1cc(-c3ccc(C#N)cc3)cc1-2. The fraction of sp³-hybridized carbons (Fsp3) is 0.296. The molecule has 2 fully saturated rings. The number of nitrogens with one attached hydrogen (secondary N) is 1. The largest absolute Gasteiger partial charge is 0.367 e. The van der Waals surface area contributed by atoms with E-state index in [1.54, 1.807) is 0 Å². The van der Waals surface area contributed by atoms with Gasteiger partial charge in [-0.15, -0.1) is 10.2 Å². The highest BCUT2D eigenvalue weighted by Gasteiger charge is 2.37. The van der Waals surface area contributed by atoms with Gasteiger partial charge in [-0.1, -0.05) is 12.1 Å². The monoisotopic (exact) mass is 447 g/mol. The molecule has 0 amide bonds. The average Bonchev–Trinajstić information content (AvgIpc) is 3.62. The second-order valence-corrected chi connectivity index (χ2v) is 9.55. The minimum atomic E-state index is 0.598.